The van der Waals surface area contributed by atoms with Gasteiger partial charge in [-0.05, 0) is 30.1 Å². The van der Waals surface area contributed by atoms with Crippen molar-refractivity contribution < 1.29 is 0 Å². The average molecular weight is 247 g/mol. The van der Waals surface area contributed by atoms with Crippen LogP contribution in [0.2, 0.25) is 0 Å². The number of alkyl halides is 1. The van der Waals surface area contributed by atoms with E-state index >= 15 is 0 Å². The zero-order valence-electron chi connectivity index (χ0n) is 9.49. The molecule has 0 saturated heterocycles. The zero-order chi connectivity index (χ0) is 10.5. The van der Waals surface area contributed by atoms with Crippen LogP contribution in [0.15, 0.2) is 12.7 Å². The normalized spacial score (nSPS) is 13.0. The quantitative estimate of drug-likeness (QED) is 0.467. The number of hydrogen-bond donors (Lipinski definition) is 0. The van der Waals surface area contributed by atoms with Gasteiger partial charge in [0.25, 0.3) is 0 Å². The Hall–Kier alpha value is 0.220. The summed E-state index contributed by atoms with van der Waals surface area (Å²) in [7, 11) is 0. The minimum absolute atomic E-state index is 0.274. The van der Waals surface area contributed by atoms with Crippen molar-refractivity contribution in [3.63, 3.8) is 0 Å². The van der Waals surface area contributed by atoms with Gasteiger partial charge in [0.1, 0.15) is 0 Å². The van der Waals surface area contributed by atoms with E-state index < -0.39 is 0 Å². The molecule has 1 heteroatoms. The van der Waals surface area contributed by atoms with Gasteiger partial charge in [-0.15, -0.1) is 6.58 Å². The van der Waals surface area contributed by atoms with E-state index in [1.807, 2.05) is 0 Å². The first-order chi connectivity index (χ1) is 5.83. The fraction of sp³-hybridized carbons (Fsp3) is 0.833. The molecule has 0 nitrogen and oxygen atoms in total. The third-order valence-electron chi connectivity index (χ3n) is 2.47. The molecule has 0 saturated carbocycles. The first-order valence-corrected chi connectivity index (χ1v) is 6.15. The van der Waals surface area contributed by atoms with Crippen molar-refractivity contribution in [3.8, 4) is 0 Å². The molecular weight excluding hydrogens is 224 g/mol. The van der Waals surface area contributed by atoms with Gasteiger partial charge in [0.05, 0.1) is 0 Å². The Labute approximate surface area is 91.9 Å². The Bertz CT molecular complexity index is 157. The zero-order valence-corrected chi connectivity index (χ0v) is 11.1. The maximum absolute atomic E-state index is 3.89. The van der Waals surface area contributed by atoms with E-state index in [1.54, 1.807) is 0 Å². The van der Waals surface area contributed by atoms with Gasteiger partial charge >= 0.3 is 0 Å². The molecule has 0 fully saturated rings. The second-order valence-electron chi connectivity index (χ2n) is 5.33. The second-order valence-corrected chi connectivity index (χ2v) is 6.12. The summed E-state index contributed by atoms with van der Waals surface area (Å²) in [4.78, 5) is 0. The van der Waals surface area contributed by atoms with Crippen molar-refractivity contribution in [2.75, 3.05) is 5.33 Å². The molecule has 13 heavy (non-hydrogen) atoms. The Morgan fingerprint density at radius 2 is 1.77 bits per heavy atom. The smallest absolute Gasteiger partial charge is 0.00315 e. The summed E-state index contributed by atoms with van der Waals surface area (Å²) in [6, 6.07) is 0. The number of halogens is 1. The Balaban J connectivity index is 4.07. The molecule has 0 unspecified atom stereocenters. The first kappa shape index (κ1) is 13.2. The molecule has 0 aliphatic rings. The van der Waals surface area contributed by atoms with Gasteiger partial charge in [0, 0.05) is 5.33 Å². The summed E-state index contributed by atoms with van der Waals surface area (Å²) in [5.74, 6) is 0. The van der Waals surface area contributed by atoms with Gasteiger partial charge < -0.3 is 0 Å². The van der Waals surface area contributed by atoms with Gasteiger partial charge in [-0.2, -0.15) is 0 Å². The van der Waals surface area contributed by atoms with Crippen molar-refractivity contribution >= 4 is 15.9 Å². The molecule has 0 spiro atoms. The molecule has 0 N–H and O–H groups in total. The number of hydrogen-bond acceptors (Lipinski definition) is 0. The first-order valence-electron chi connectivity index (χ1n) is 5.02. The van der Waals surface area contributed by atoms with Gasteiger partial charge in [-0.3, -0.25) is 0 Å². The van der Waals surface area contributed by atoms with E-state index in [4.69, 9.17) is 0 Å². The standard InChI is InChI=1S/C12H23Br/c1-6-11(2,3)10-12(4,5)8-7-9-13/h6H,1,7-10H2,2-5H3. The third-order valence-corrected chi connectivity index (χ3v) is 3.03. The van der Waals surface area contributed by atoms with Crippen molar-refractivity contribution in [2.24, 2.45) is 10.8 Å². The molecule has 0 rings (SSSR count). The Morgan fingerprint density at radius 3 is 2.15 bits per heavy atom. The fourth-order valence-corrected chi connectivity index (χ4v) is 2.22. The molecule has 0 atom stereocenters. The van der Waals surface area contributed by atoms with Crippen LogP contribution >= 0.6 is 15.9 Å². The average Bonchev–Trinajstić information content (AvgIpc) is 1.99. The Morgan fingerprint density at radius 1 is 1.23 bits per heavy atom. The molecule has 78 valence electrons. The molecule has 0 amide bonds. The van der Waals surface area contributed by atoms with E-state index in [1.165, 1.54) is 19.3 Å². The lowest BCUT2D eigenvalue weighted by molar-refractivity contribution is 0.221. The summed E-state index contributed by atoms with van der Waals surface area (Å²) in [5, 5.41) is 1.12. The highest BCUT2D eigenvalue weighted by molar-refractivity contribution is 9.09. The summed E-state index contributed by atoms with van der Waals surface area (Å²) >= 11 is 3.48. The van der Waals surface area contributed by atoms with Crippen LogP contribution < -0.4 is 0 Å². The lowest BCUT2D eigenvalue weighted by Crippen LogP contribution is -2.21. The molecular formula is C12H23Br. The third kappa shape index (κ3) is 6.31. The van der Waals surface area contributed by atoms with E-state index in [2.05, 4.69) is 56.3 Å². The molecule has 0 aliphatic heterocycles. The minimum Gasteiger partial charge on any atom is -0.103 e. The number of rotatable bonds is 6. The van der Waals surface area contributed by atoms with Crippen molar-refractivity contribution in [1.82, 2.24) is 0 Å². The second kappa shape index (κ2) is 5.19. The van der Waals surface area contributed by atoms with Gasteiger partial charge in [-0.1, -0.05) is 49.7 Å². The molecule has 0 aromatic carbocycles. The summed E-state index contributed by atoms with van der Waals surface area (Å²) < 4.78 is 0. The highest BCUT2D eigenvalue weighted by Crippen LogP contribution is 2.37. The van der Waals surface area contributed by atoms with Crippen LogP contribution in [-0.2, 0) is 0 Å². The molecule has 0 aromatic rings. The minimum atomic E-state index is 0.274. The van der Waals surface area contributed by atoms with E-state index in [0.717, 1.165) is 5.33 Å². The molecule has 0 bridgehead atoms. The highest BCUT2D eigenvalue weighted by atomic mass is 79.9. The predicted molar refractivity (Wildman–Crippen MR) is 65.4 cm³/mol. The van der Waals surface area contributed by atoms with Crippen molar-refractivity contribution in [2.45, 2.75) is 47.0 Å². The largest absolute Gasteiger partial charge is 0.103 e. The lowest BCUT2D eigenvalue weighted by Gasteiger charge is -2.32. The van der Waals surface area contributed by atoms with E-state index in [0.29, 0.717) is 5.41 Å². The van der Waals surface area contributed by atoms with Gasteiger partial charge in [-0.25, -0.2) is 0 Å². The van der Waals surface area contributed by atoms with Crippen molar-refractivity contribution in [3.05, 3.63) is 12.7 Å². The Kier molecular flexibility index (Phi) is 5.28. The van der Waals surface area contributed by atoms with Gasteiger partial charge in [0.2, 0.25) is 0 Å². The summed E-state index contributed by atoms with van der Waals surface area (Å²) in [5.41, 5.74) is 0.710. The lowest BCUT2D eigenvalue weighted by atomic mass is 9.73. The topological polar surface area (TPSA) is 0 Å². The van der Waals surface area contributed by atoms with Crippen LogP contribution in [0.4, 0.5) is 0 Å². The van der Waals surface area contributed by atoms with Crippen LogP contribution in [-0.4, -0.2) is 5.33 Å². The highest BCUT2D eigenvalue weighted by Gasteiger charge is 2.25. The molecule has 0 aliphatic carbocycles. The molecule has 0 radical (unpaired) electrons. The maximum Gasteiger partial charge on any atom is 0.00315 e. The molecule has 0 heterocycles. The maximum atomic E-state index is 3.89. The number of allylic oxidation sites excluding steroid dienone is 1. The van der Waals surface area contributed by atoms with Crippen LogP contribution in [0.3, 0.4) is 0 Å². The summed E-state index contributed by atoms with van der Waals surface area (Å²) in [6.45, 7) is 13.1. The predicted octanol–water partition coefficient (Wildman–Crippen LogP) is 4.79. The van der Waals surface area contributed by atoms with Crippen LogP contribution in [0, 0.1) is 10.8 Å². The van der Waals surface area contributed by atoms with E-state index in [-0.39, 0.29) is 5.41 Å². The molecule has 0 aromatic heterocycles. The van der Waals surface area contributed by atoms with E-state index in [9.17, 15) is 0 Å². The SMILES string of the molecule is C=CC(C)(C)CC(C)(C)CCCBr. The van der Waals surface area contributed by atoms with Crippen LogP contribution in [0.1, 0.15) is 47.0 Å². The van der Waals surface area contributed by atoms with Crippen LogP contribution in [0.5, 0.6) is 0 Å². The summed E-state index contributed by atoms with van der Waals surface area (Å²) in [6.07, 6.45) is 5.84. The monoisotopic (exact) mass is 246 g/mol. The van der Waals surface area contributed by atoms with Crippen molar-refractivity contribution in [1.29, 1.82) is 0 Å². The fourth-order valence-electron chi connectivity index (χ4n) is 1.94. The van der Waals surface area contributed by atoms with Crippen LogP contribution in [0.25, 0.3) is 0 Å². The van der Waals surface area contributed by atoms with Gasteiger partial charge in [0.15, 0.2) is 0 Å².